The fourth-order valence-electron chi connectivity index (χ4n) is 8.37. The van der Waals surface area contributed by atoms with E-state index in [9.17, 15) is 0 Å². The molecule has 8 aromatic carbocycles. The van der Waals surface area contributed by atoms with Crippen molar-refractivity contribution in [3.8, 4) is 51.0 Å². The molecule has 266 valence electrons. The second-order valence-electron chi connectivity index (χ2n) is 14.4. The van der Waals surface area contributed by atoms with E-state index in [0.717, 1.165) is 88.1 Å². The van der Waals surface area contributed by atoms with E-state index in [0.29, 0.717) is 17.5 Å². The predicted octanol–water partition coefficient (Wildman–Crippen LogP) is 13.4. The number of aromatic nitrogens is 4. The fraction of sp³-hybridized carbons (Fsp3) is 0. The predicted molar refractivity (Wildman–Crippen MR) is 230 cm³/mol. The third kappa shape index (κ3) is 5.01. The van der Waals surface area contributed by atoms with E-state index in [2.05, 4.69) is 132 Å². The zero-order valence-electron chi connectivity index (χ0n) is 30.4. The van der Waals surface area contributed by atoms with Gasteiger partial charge in [-0.3, -0.25) is 0 Å². The third-order valence-corrected chi connectivity index (χ3v) is 11.0. The van der Waals surface area contributed by atoms with Crippen LogP contribution in [0.5, 0.6) is 0 Å². The lowest BCUT2D eigenvalue weighted by molar-refractivity contribution is 0.669. The fourth-order valence-corrected chi connectivity index (χ4v) is 8.37. The number of furan rings is 2. The molecule has 0 bridgehead atoms. The first-order valence-corrected chi connectivity index (χ1v) is 19.0. The van der Waals surface area contributed by atoms with E-state index in [4.69, 9.17) is 23.8 Å². The lowest BCUT2D eigenvalue weighted by Crippen LogP contribution is -2.00. The molecular formula is C51H30N4O2. The van der Waals surface area contributed by atoms with Crippen molar-refractivity contribution in [3.05, 3.63) is 182 Å². The minimum absolute atomic E-state index is 0.561. The third-order valence-electron chi connectivity index (χ3n) is 11.0. The smallest absolute Gasteiger partial charge is 0.164 e. The number of para-hydroxylation sites is 2. The summed E-state index contributed by atoms with van der Waals surface area (Å²) in [5, 5.41) is 6.45. The monoisotopic (exact) mass is 730 g/mol. The Morgan fingerprint density at radius 2 is 0.895 bits per heavy atom. The summed E-state index contributed by atoms with van der Waals surface area (Å²) in [6, 6.07) is 62.8. The molecule has 0 unspecified atom stereocenters. The number of rotatable bonds is 5. The van der Waals surface area contributed by atoms with Gasteiger partial charge in [-0.05, 0) is 71.8 Å². The minimum Gasteiger partial charge on any atom is -0.456 e. The molecule has 12 aromatic rings. The van der Waals surface area contributed by atoms with Crippen molar-refractivity contribution in [1.29, 1.82) is 0 Å². The molecule has 6 nitrogen and oxygen atoms in total. The molecule has 57 heavy (non-hydrogen) atoms. The Labute approximate surface area is 325 Å². The number of fused-ring (bicyclic) bond motifs is 10. The van der Waals surface area contributed by atoms with Crippen LogP contribution < -0.4 is 0 Å². The van der Waals surface area contributed by atoms with E-state index in [1.807, 2.05) is 54.6 Å². The molecule has 0 amide bonds. The van der Waals surface area contributed by atoms with Gasteiger partial charge in [-0.2, -0.15) is 0 Å². The Hall–Kier alpha value is -7.83. The second kappa shape index (κ2) is 12.3. The van der Waals surface area contributed by atoms with Gasteiger partial charge in [-0.25, -0.2) is 15.0 Å². The molecule has 0 aliphatic rings. The molecule has 12 rings (SSSR count). The van der Waals surface area contributed by atoms with Crippen LogP contribution in [0, 0.1) is 0 Å². The van der Waals surface area contributed by atoms with Gasteiger partial charge in [0.15, 0.2) is 17.5 Å². The van der Waals surface area contributed by atoms with Crippen LogP contribution in [0.15, 0.2) is 191 Å². The van der Waals surface area contributed by atoms with Crippen molar-refractivity contribution in [2.24, 2.45) is 0 Å². The highest BCUT2D eigenvalue weighted by Crippen LogP contribution is 2.42. The Morgan fingerprint density at radius 1 is 0.333 bits per heavy atom. The van der Waals surface area contributed by atoms with E-state index in [1.165, 1.54) is 11.1 Å². The van der Waals surface area contributed by atoms with Crippen LogP contribution in [0.3, 0.4) is 0 Å². The summed E-state index contributed by atoms with van der Waals surface area (Å²) >= 11 is 0. The maximum atomic E-state index is 6.89. The van der Waals surface area contributed by atoms with Gasteiger partial charge in [0, 0.05) is 49.3 Å². The van der Waals surface area contributed by atoms with Crippen molar-refractivity contribution in [1.82, 2.24) is 19.5 Å². The Morgan fingerprint density at radius 3 is 1.65 bits per heavy atom. The van der Waals surface area contributed by atoms with Gasteiger partial charge in [0.1, 0.15) is 22.3 Å². The largest absolute Gasteiger partial charge is 0.456 e. The van der Waals surface area contributed by atoms with Gasteiger partial charge in [-0.1, -0.05) is 121 Å². The first kappa shape index (κ1) is 31.5. The summed E-state index contributed by atoms with van der Waals surface area (Å²) in [7, 11) is 0. The second-order valence-corrected chi connectivity index (χ2v) is 14.4. The Kier molecular flexibility index (Phi) is 6.83. The lowest BCUT2D eigenvalue weighted by Gasteiger charge is -2.10. The maximum Gasteiger partial charge on any atom is 0.164 e. The van der Waals surface area contributed by atoms with Crippen molar-refractivity contribution < 1.29 is 8.83 Å². The molecular weight excluding hydrogens is 701 g/mol. The zero-order valence-corrected chi connectivity index (χ0v) is 30.4. The van der Waals surface area contributed by atoms with Crippen molar-refractivity contribution in [2.45, 2.75) is 0 Å². The standard InChI is InChI=1S/C51H30N4O2/c1-3-12-31(13-4-1)33-16-11-17-36(28-33)55-42-20-9-7-19-41(42)47-43(55)27-26-40-39-25-23-35(30-46(39)57-48(40)47)51-53-49(32-14-5-2-6-15-32)52-50(54-51)34-22-24-38-37-18-8-10-21-44(37)56-45(38)29-34/h1-30H. The van der Waals surface area contributed by atoms with Crippen LogP contribution in [0.25, 0.3) is 117 Å². The molecule has 0 aliphatic carbocycles. The van der Waals surface area contributed by atoms with Crippen LogP contribution in [-0.4, -0.2) is 19.5 Å². The molecule has 0 aliphatic heterocycles. The molecule has 0 spiro atoms. The van der Waals surface area contributed by atoms with Crippen LogP contribution in [0.1, 0.15) is 0 Å². The molecule has 4 heterocycles. The molecule has 0 N–H and O–H groups in total. The van der Waals surface area contributed by atoms with Gasteiger partial charge in [-0.15, -0.1) is 0 Å². The highest BCUT2D eigenvalue weighted by molar-refractivity contribution is 6.24. The average Bonchev–Trinajstić information content (AvgIpc) is 3.96. The number of hydrogen-bond acceptors (Lipinski definition) is 5. The Balaban J connectivity index is 1.02. The van der Waals surface area contributed by atoms with E-state index < -0.39 is 0 Å². The van der Waals surface area contributed by atoms with Crippen molar-refractivity contribution in [2.75, 3.05) is 0 Å². The van der Waals surface area contributed by atoms with E-state index in [-0.39, 0.29) is 0 Å². The maximum absolute atomic E-state index is 6.89. The normalized spacial score (nSPS) is 11.9. The number of hydrogen-bond donors (Lipinski definition) is 0. The molecule has 6 heteroatoms. The number of benzene rings is 8. The van der Waals surface area contributed by atoms with Gasteiger partial charge in [0.25, 0.3) is 0 Å². The molecule has 0 radical (unpaired) electrons. The summed E-state index contributed by atoms with van der Waals surface area (Å²) in [4.78, 5) is 15.1. The molecule has 0 saturated heterocycles. The molecule has 0 atom stereocenters. The van der Waals surface area contributed by atoms with Crippen molar-refractivity contribution >= 4 is 65.7 Å². The quantitative estimate of drug-likeness (QED) is 0.176. The van der Waals surface area contributed by atoms with Crippen molar-refractivity contribution in [3.63, 3.8) is 0 Å². The SMILES string of the molecule is c1ccc(-c2cccc(-n3c4ccccc4c4c5oc6cc(-c7nc(-c8ccccc8)nc(-c8ccc9c(c8)oc8ccccc89)n7)ccc6c5ccc43)c2)cc1. The van der Waals surface area contributed by atoms with E-state index >= 15 is 0 Å². The number of nitrogens with zero attached hydrogens (tertiary/aromatic N) is 4. The highest BCUT2D eigenvalue weighted by Gasteiger charge is 2.20. The summed E-state index contributed by atoms with van der Waals surface area (Å²) in [5.74, 6) is 1.72. The Bertz CT molecular complexity index is 3530. The van der Waals surface area contributed by atoms with Gasteiger partial charge in [0.05, 0.1) is 16.4 Å². The first-order valence-electron chi connectivity index (χ1n) is 19.0. The summed E-state index contributed by atoms with van der Waals surface area (Å²) in [6.07, 6.45) is 0. The van der Waals surface area contributed by atoms with E-state index in [1.54, 1.807) is 0 Å². The molecule has 4 aromatic heterocycles. The minimum atomic E-state index is 0.561. The highest BCUT2D eigenvalue weighted by atomic mass is 16.3. The lowest BCUT2D eigenvalue weighted by atomic mass is 10.1. The average molecular weight is 731 g/mol. The summed E-state index contributed by atoms with van der Waals surface area (Å²) < 4.78 is 15.5. The van der Waals surface area contributed by atoms with Crippen LogP contribution >= 0.6 is 0 Å². The zero-order chi connectivity index (χ0) is 37.5. The molecule has 0 fully saturated rings. The van der Waals surface area contributed by atoms with Gasteiger partial charge >= 0.3 is 0 Å². The molecule has 0 saturated carbocycles. The van der Waals surface area contributed by atoms with Crippen LogP contribution in [0.2, 0.25) is 0 Å². The summed E-state index contributed by atoms with van der Waals surface area (Å²) in [6.45, 7) is 0. The summed E-state index contributed by atoms with van der Waals surface area (Å²) in [5.41, 5.74) is 11.5. The first-order chi connectivity index (χ1) is 28.2. The van der Waals surface area contributed by atoms with Gasteiger partial charge in [0.2, 0.25) is 0 Å². The van der Waals surface area contributed by atoms with Crippen LogP contribution in [0.4, 0.5) is 0 Å². The van der Waals surface area contributed by atoms with Crippen LogP contribution in [-0.2, 0) is 0 Å². The van der Waals surface area contributed by atoms with Gasteiger partial charge < -0.3 is 13.4 Å². The topological polar surface area (TPSA) is 69.9 Å².